The summed E-state index contributed by atoms with van der Waals surface area (Å²) in [6.45, 7) is 6.38. The molecule has 0 saturated heterocycles. The van der Waals surface area contributed by atoms with Crippen molar-refractivity contribution in [3.05, 3.63) is 35.5 Å². The number of hydrogen-bond donors (Lipinski definition) is 1. The molecule has 1 aliphatic rings. The van der Waals surface area contributed by atoms with Crippen molar-refractivity contribution in [2.24, 2.45) is 11.3 Å². The second-order valence-electron chi connectivity index (χ2n) is 5.86. The zero-order valence-electron chi connectivity index (χ0n) is 10.5. The fourth-order valence-corrected chi connectivity index (χ4v) is 2.55. The molecule has 1 unspecified atom stereocenters. The first kappa shape index (κ1) is 10.6. The molecule has 0 spiro atoms. The quantitative estimate of drug-likeness (QED) is 0.779. The number of aryl methyl sites for hydroxylation is 1. The van der Waals surface area contributed by atoms with Gasteiger partial charge in [-0.1, -0.05) is 26.0 Å². The molecular weight excluding hydrogens is 210 g/mol. The number of fused-ring (bicyclic) bond motifs is 1. The molecule has 3 rings (SSSR count). The van der Waals surface area contributed by atoms with Crippen molar-refractivity contribution >= 4 is 16.7 Å². The molecule has 2 nitrogen and oxygen atoms in total. The second kappa shape index (κ2) is 3.22. The number of aromatic nitrogens is 1. The molecule has 0 bridgehead atoms. The summed E-state index contributed by atoms with van der Waals surface area (Å²) in [4.78, 5) is 15.6. The lowest BCUT2D eigenvalue weighted by Gasteiger charge is -2.02. The second-order valence-corrected chi connectivity index (χ2v) is 5.86. The molecule has 2 aromatic rings. The largest absolute Gasteiger partial charge is 0.360 e. The number of nitrogens with one attached hydrogen (secondary N) is 1. The van der Waals surface area contributed by atoms with Crippen LogP contribution < -0.4 is 0 Å². The summed E-state index contributed by atoms with van der Waals surface area (Å²) < 4.78 is 0. The standard InChI is InChI=1S/C15H17NO/c1-9-4-5-10-11(8-16-13(10)6-9)14(17)12-7-15(12,2)3/h4-6,8,12,16H,7H2,1-3H3. The smallest absolute Gasteiger partial charge is 0.168 e. The number of ketones is 1. The molecule has 1 fully saturated rings. The zero-order chi connectivity index (χ0) is 12.2. The molecule has 1 aliphatic carbocycles. The van der Waals surface area contributed by atoms with Gasteiger partial charge in [-0.2, -0.15) is 0 Å². The van der Waals surface area contributed by atoms with Gasteiger partial charge in [0.25, 0.3) is 0 Å². The topological polar surface area (TPSA) is 32.9 Å². The third-order valence-electron chi connectivity index (χ3n) is 3.93. The highest BCUT2D eigenvalue weighted by molar-refractivity contribution is 6.10. The minimum Gasteiger partial charge on any atom is -0.360 e. The van der Waals surface area contributed by atoms with E-state index in [1.54, 1.807) is 0 Å². The molecule has 0 aliphatic heterocycles. The van der Waals surface area contributed by atoms with E-state index in [4.69, 9.17) is 0 Å². The highest BCUT2D eigenvalue weighted by Gasteiger charge is 2.50. The predicted octanol–water partition coefficient (Wildman–Crippen LogP) is 3.71. The summed E-state index contributed by atoms with van der Waals surface area (Å²) in [6, 6.07) is 6.19. The van der Waals surface area contributed by atoms with Gasteiger partial charge in [0.05, 0.1) is 0 Å². The molecule has 88 valence electrons. The van der Waals surface area contributed by atoms with Crippen LogP contribution in [0.4, 0.5) is 0 Å². The van der Waals surface area contributed by atoms with Crippen molar-refractivity contribution in [2.75, 3.05) is 0 Å². The van der Waals surface area contributed by atoms with Gasteiger partial charge in [-0.15, -0.1) is 0 Å². The van der Waals surface area contributed by atoms with Gasteiger partial charge < -0.3 is 4.98 Å². The number of rotatable bonds is 2. The Kier molecular flexibility index (Phi) is 2.00. The van der Waals surface area contributed by atoms with Crippen molar-refractivity contribution in [1.82, 2.24) is 4.98 Å². The molecule has 0 radical (unpaired) electrons. The summed E-state index contributed by atoms with van der Waals surface area (Å²) in [5.74, 6) is 0.507. The highest BCUT2D eigenvalue weighted by Crippen LogP contribution is 2.53. The zero-order valence-corrected chi connectivity index (χ0v) is 10.5. The van der Waals surface area contributed by atoms with Crippen LogP contribution in [0, 0.1) is 18.3 Å². The Hall–Kier alpha value is -1.57. The molecule has 1 heterocycles. The molecule has 1 N–H and O–H groups in total. The van der Waals surface area contributed by atoms with E-state index in [0.29, 0.717) is 5.78 Å². The summed E-state index contributed by atoms with van der Waals surface area (Å²) in [6.07, 6.45) is 2.88. The van der Waals surface area contributed by atoms with E-state index in [1.165, 1.54) is 5.56 Å². The van der Waals surface area contributed by atoms with Gasteiger partial charge in [-0.3, -0.25) is 4.79 Å². The number of aromatic amines is 1. The lowest BCUT2D eigenvalue weighted by molar-refractivity contribution is 0.0955. The average molecular weight is 227 g/mol. The normalized spacial score (nSPS) is 21.7. The van der Waals surface area contributed by atoms with Crippen LogP contribution in [0.25, 0.3) is 10.9 Å². The number of hydrogen-bond acceptors (Lipinski definition) is 1. The number of carbonyl (C=O) groups excluding carboxylic acids is 1. The summed E-state index contributed by atoms with van der Waals surface area (Å²) >= 11 is 0. The fourth-order valence-electron chi connectivity index (χ4n) is 2.55. The fraction of sp³-hybridized carbons (Fsp3) is 0.400. The van der Waals surface area contributed by atoms with E-state index >= 15 is 0 Å². The third kappa shape index (κ3) is 1.59. The summed E-state index contributed by atoms with van der Waals surface area (Å²) in [7, 11) is 0. The Balaban J connectivity index is 2.04. The molecule has 1 saturated carbocycles. The Morgan fingerprint density at radius 2 is 2.12 bits per heavy atom. The maximum absolute atomic E-state index is 12.4. The predicted molar refractivity (Wildman–Crippen MR) is 69.3 cm³/mol. The van der Waals surface area contributed by atoms with Crippen molar-refractivity contribution in [2.45, 2.75) is 27.2 Å². The van der Waals surface area contributed by atoms with Gasteiger partial charge in [0.15, 0.2) is 5.78 Å². The van der Waals surface area contributed by atoms with Crippen molar-refractivity contribution in [3.63, 3.8) is 0 Å². The van der Waals surface area contributed by atoms with Gasteiger partial charge in [-0.05, 0) is 30.4 Å². The molecular formula is C15H17NO. The lowest BCUT2D eigenvalue weighted by Crippen LogP contribution is -2.05. The summed E-state index contributed by atoms with van der Waals surface area (Å²) in [5.41, 5.74) is 3.33. The first-order valence-electron chi connectivity index (χ1n) is 6.11. The van der Waals surface area contributed by atoms with Crippen LogP contribution in [-0.2, 0) is 0 Å². The monoisotopic (exact) mass is 227 g/mol. The van der Waals surface area contributed by atoms with Crippen LogP contribution >= 0.6 is 0 Å². The first-order valence-corrected chi connectivity index (χ1v) is 6.11. The van der Waals surface area contributed by atoms with E-state index in [0.717, 1.165) is 22.9 Å². The Bertz CT molecular complexity index is 606. The van der Waals surface area contributed by atoms with E-state index in [9.17, 15) is 4.79 Å². The minimum absolute atomic E-state index is 0.200. The van der Waals surface area contributed by atoms with Gasteiger partial charge >= 0.3 is 0 Å². The van der Waals surface area contributed by atoms with Crippen LogP contribution in [0.3, 0.4) is 0 Å². The molecule has 17 heavy (non-hydrogen) atoms. The van der Waals surface area contributed by atoms with Gasteiger partial charge in [0.1, 0.15) is 0 Å². The average Bonchev–Trinajstić information content (AvgIpc) is 2.72. The minimum atomic E-state index is 0.200. The number of H-pyrrole nitrogens is 1. The highest BCUT2D eigenvalue weighted by atomic mass is 16.1. The number of carbonyl (C=O) groups is 1. The van der Waals surface area contributed by atoms with Crippen LogP contribution in [-0.4, -0.2) is 10.8 Å². The molecule has 1 atom stereocenters. The molecule has 1 aromatic heterocycles. The van der Waals surface area contributed by atoms with E-state index in [1.807, 2.05) is 12.3 Å². The Morgan fingerprint density at radius 1 is 1.41 bits per heavy atom. The Morgan fingerprint density at radius 3 is 2.76 bits per heavy atom. The van der Waals surface area contributed by atoms with E-state index in [2.05, 4.69) is 37.9 Å². The van der Waals surface area contributed by atoms with Gasteiger partial charge in [-0.25, -0.2) is 0 Å². The van der Waals surface area contributed by atoms with Gasteiger partial charge in [0, 0.05) is 28.6 Å². The number of benzene rings is 1. The van der Waals surface area contributed by atoms with Crippen LogP contribution in [0.15, 0.2) is 24.4 Å². The van der Waals surface area contributed by atoms with E-state index in [-0.39, 0.29) is 11.3 Å². The third-order valence-corrected chi connectivity index (χ3v) is 3.93. The van der Waals surface area contributed by atoms with Crippen molar-refractivity contribution < 1.29 is 4.79 Å². The molecule has 1 aromatic carbocycles. The van der Waals surface area contributed by atoms with Crippen LogP contribution in [0.1, 0.15) is 36.2 Å². The molecule has 2 heteroatoms. The SMILES string of the molecule is Cc1ccc2c(C(=O)C3CC3(C)C)c[nH]c2c1. The maximum atomic E-state index is 12.4. The number of Topliss-reactive ketones (excluding diaryl/α,β-unsaturated/α-hetero) is 1. The molecule has 0 amide bonds. The van der Waals surface area contributed by atoms with Gasteiger partial charge in [0.2, 0.25) is 0 Å². The van der Waals surface area contributed by atoms with Crippen molar-refractivity contribution in [1.29, 1.82) is 0 Å². The Labute approximate surface area is 101 Å². The first-order chi connectivity index (χ1) is 7.99. The summed E-state index contributed by atoms with van der Waals surface area (Å²) in [5, 5.41) is 1.06. The van der Waals surface area contributed by atoms with Crippen LogP contribution in [0.5, 0.6) is 0 Å². The van der Waals surface area contributed by atoms with Crippen molar-refractivity contribution in [3.8, 4) is 0 Å². The maximum Gasteiger partial charge on any atom is 0.168 e. The van der Waals surface area contributed by atoms with E-state index < -0.39 is 0 Å². The van der Waals surface area contributed by atoms with Crippen LogP contribution in [0.2, 0.25) is 0 Å². The lowest BCUT2D eigenvalue weighted by atomic mass is 10.0.